The Bertz CT molecular complexity index is 320. The number of ether oxygens (including phenoxy) is 1. The van der Waals surface area contributed by atoms with Gasteiger partial charge in [0.2, 0.25) is 5.91 Å². The first kappa shape index (κ1) is 15.0. The predicted molar refractivity (Wildman–Crippen MR) is 69.1 cm³/mol. The fourth-order valence-corrected chi connectivity index (χ4v) is 2.28. The molecule has 0 radical (unpaired) electrons. The van der Waals surface area contributed by atoms with Gasteiger partial charge in [-0.15, -0.1) is 0 Å². The van der Waals surface area contributed by atoms with Gasteiger partial charge >= 0.3 is 5.97 Å². The van der Waals surface area contributed by atoms with Crippen molar-refractivity contribution < 1.29 is 14.3 Å². The van der Waals surface area contributed by atoms with Gasteiger partial charge in [0.15, 0.2) is 0 Å². The van der Waals surface area contributed by atoms with E-state index in [1.807, 2.05) is 6.92 Å². The Morgan fingerprint density at radius 3 is 2.56 bits per heavy atom. The molecule has 1 unspecified atom stereocenters. The van der Waals surface area contributed by atoms with Crippen molar-refractivity contribution in [3.05, 3.63) is 0 Å². The Balaban J connectivity index is 2.58. The number of esters is 1. The van der Waals surface area contributed by atoms with Crippen LogP contribution < -0.4 is 10.6 Å². The quantitative estimate of drug-likeness (QED) is 0.715. The van der Waals surface area contributed by atoms with E-state index in [0.717, 1.165) is 25.8 Å². The molecule has 1 amide bonds. The minimum Gasteiger partial charge on any atom is -0.469 e. The molecule has 1 heterocycles. The molecule has 0 spiro atoms. The van der Waals surface area contributed by atoms with Crippen LogP contribution in [0, 0.1) is 5.41 Å². The van der Waals surface area contributed by atoms with E-state index in [1.54, 1.807) is 13.8 Å². The molecule has 5 heteroatoms. The highest BCUT2D eigenvalue weighted by Crippen LogP contribution is 2.24. The second-order valence-corrected chi connectivity index (χ2v) is 5.52. The van der Waals surface area contributed by atoms with Crippen molar-refractivity contribution in [2.75, 3.05) is 20.2 Å². The minimum atomic E-state index is -0.696. The van der Waals surface area contributed by atoms with Crippen molar-refractivity contribution in [1.29, 1.82) is 0 Å². The van der Waals surface area contributed by atoms with Crippen LogP contribution in [0.4, 0.5) is 0 Å². The molecule has 1 aliphatic heterocycles. The van der Waals surface area contributed by atoms with Crippen molar-refractivity contribution in [3.63, 3.8) is 0 Å². The van der Waals surface area contributed by atoms with E-state index in [4.69, 9.17) is 4.74 Å². The van der Waals surface area contributed by atoms with Crippen molar-refractivity contribution in [3.8, 4) is 0 Å². The lowest BCUT2D eigenvalue weighted by atomic mass is 9.90. The maximum atomic E-state index is 12.2. The van der Waals surface area contributed by atoms with Crippen molar-refractivity contribution in [2.45, 2.75) is 45.6 Å². The van der Waals surface area contributed by atoms with Gasteiger partial charge in [-0.3, -0.25) is 9.59 Å². The summed E-state index contributed by atoms with van der Waals surface area (Å²) in [6, 6.07) is 0. The third kappa shape index (κ3) is 3.02. The highest BCUT2D eigenvalue weighted by Gasteiger charge is 2.40. The zero-order valence-electron chi connectivity index (χ0n) is 11.8. The molecular formula is C13H24N2O3. The Morgan fingerprint density at radius 1 is 1.44 bits per heavy atom. The van der Waals surface area contributed by atoms with Gasteiger partial charge in [0, 0.05) is 6.54 Å². The maximum absolute atomic E-state index is 12.2. The van der Waals surface area contributed by atoms with Gasteiger partial charge < -0.3 is 15.4 Å². The molecule has 0 aliphatic carbocycles. The molecule has 18 heavy (non-hydrogen) atoms. The smallest absolute Gasteiger partial charge is 0.313 e. The molecular weight excluding hydrogens is 232 g/mol. The normalized spacial score (nSPS) is 23.8. The number of rotatable bonds is 5. The second-order valence-electron chi connectivity index (χ2n) is 5.52. The van der Waals surface area contributed by atoms with Gasteiger partial charge in [-0.25, -0.2) is 0 Å². The molecule has 1 saturated heterocycles. The lowest BCUT2D eigenvalue weighted by molar-refractivity contribution is -0.150. The third-order valence-corrected chi connectivity index (χ3v) is 3.71. The van der Waals surface area contributed by atoms with E-state index in [9.17, 15) is 9.59 Å². The number of nitrogens with one attached hydrogen (secondary N) is 2. The van der Waals surface area contributed by atoms with E-state index < -0.39 is 11.0 Å². The minimum absolute atomic E-state index is 0.0144. The van der Waals surface area contributed by atoms with Crippen LogP contribution in [-0.2, 0) is 14.3 Å². The molecule has 104 valence electrons. The summed E-state index contributed by atoms with van der Waals surface area (Å²) >= 11 is 0. The fraction of sp³-hybridized carbons (Fsp3) is 0.846. The average molecular weight is 256 g/mol. The number of methoxy groups -OCH3 is 1. The van der Waals surface area contributed by atoms with E-state index in [1.165, 1.54) is 7.11 Å². The fourth-order valence-electron chi connectivity index (χ4n) is 2.28. The largest absolute Gasteiger partial charge is 0.469 e. The summed E-state index contributed by atoms with van der Waals surface area (Å²) in [4.78, 5) is 23.8. The summed E-state index contributed by atoms with van der Waals surface area (Å²) in [5, 5.41) is 6.14. The molecule has 0 saturated carbocycles. The maximum Gasteiger partial charge on any atom is 0.313 e. The van der Waals surface area contributed by atoms with Crippen LogP contribution in [0.2, 0.25) is 0 Å². The Kier molecular flexibility index (Phi) is 4.73. The van der Waals surface area contributed by atoms with Crippen molar-refractivity contribution in [2.24, 2.45) is 5.41 Å². The summed E-state index contributed by atoms with van der Waals surface area (Å²) < 4.78 is 4.72. The number of hydrogen-bond donors (Lipinski definition) is 2. The van der Waals surface area contributed by atoms with Crippen LogP contribution in [0.25, 0.3) is 0 Å². The Labute approximate surface area is 109 Å². The van der Waals surface area contributed by atoms with E-state index in [0.29, 0.717) is 6.54 Å². The topological polar surface area (TPSA) is 67.4 Å². The number of amides is 1. The third-order valence-electron chi connectivity index (χ3n) is 3.71. The highest BCUT2D eigenvalue weighted by atomic mass is 16.5. The Hall–Kier alpha value is -1.10. The summed E-state index contributed by atoms with van der Waals surface area (Å²) in [7, 11) is 1.36. The molecule has 5 nitrogen and oxygen atoms in total. The molecule has 0 aromatic heterocycles. The van der Waals surface area contributed by atoms with Gasteiger partial charge in [0.05, 0.1) is 18.1 Å². The van der Waals surface area contributed by atoms with Crippen LogP contribution in [0.5, 0.6) is 0 Å². The molecule has 1 atom stereocenters. The van der Waals surface area contributed by atoms with Crippen LogP contribution in [0.1, 0.15) is 40.0 Å². The van der Waals surface area contributed by atoms with Crippen LogP contribution in [-0.4, -0.2) is 37.6 Å². The molecule has 2 N–H and O–H groups in total. The number of carbonyl (C=O) groups is 2. The highest BCUT2D eigenvalue weighted by molar-refractivity contribution is 5.87. The predicted octanol–water partition coefficient (Wildman–Crippen LogP) is 0.834. The monoisotopic (exact) mass is 256 g/mol. The second kappa shape index (κ2) is 5.69. The average Bonchev–Trinajstić information content (AvgIpc) is 2.84. The van der Waals surface area contributed by atoms with Gasteiger partial charge in [-0.05, 0) is 39.7 Å². The van der Waals surface area contributed by atoms with Crippen LogP contribution in [0.3, 0.4) is 0 Å². The number of carbonyl (C=O) groups excluding carboxylic acids is 2. The van der Waals surface area contributed by atoms with E-state index in [2.05, 4.69) is 10.6 Å². The summed E-state index contributed by atoms with van der Waals surface area (Å²) in [6.45, 7) is 6.70. The summed E-state index contributed by atoms with van der Waals surface area (Å²) in [5.41, 5.74) is -1.15. The summed E-state index contributed by atoms with van der Waals surface area (Å²) in [5.74, 6) is -0.327. The molecule has 0 aromatic carbocycles. The van der Waals surface area contributed by atoms with Crippen molar-refractivity contribution >= 4 is 11.9 Å². The molecule has 1 rings (SSSR count). The number of hydrogen-bond acceptors (Lipinski definition) is 4. The van der Waals surface area contributed by atoms with Gasteiger partial charge in [0.25, 0.3) is 0 Å². The molecule has 0 aromatic rings. The van der Waals surface area contributed by atoms with Crippen molar-refractivity contribution in [1.82, 2.24) is 10.6 Å². The molecule has 0 bridgehead atoms. The molecule has 1 fully saturated rings. The summed E-state index contributed by atoms with van der Waals surface area (Å²) in [6.07, 6.45) is 2.63. The van der Waals surface area contributed by atoms with E-state index >= 15 is 0 Å². The standard InChI is InChI=1S/C13H24N2O3/c1-5-13(7-6-8-15-13)10(16)14-9-12(2,3)11(17)18-4/h15H,5-9H2,1-4H3,(H,14,16). The Morgan fingerprint density at radius 2 is 2.11 bits per heavy atom. The lowest BCUT2D eigenvalue weighted by Gasteiger charge is -2.29. The first-order chi connectivity index (χ1) is 8.38. The lowest BCUT2D eigenvalue weighted by Crippen LogP contribution is -2.55. The van der Waals surface area contributed by atoms with Crippen LogP contribution >= 0.6 is 0 Å². The van der Waals surface area contributed by atoms with Gasteiger partial charge in [0.1, 0.15) is 0 Å². The SMILES string of the molecule is CCC1(C(=O)NCC(C)(C)C(=O)OC)CCCN1. The molecule has 1 aliphatic rings. The van der Waals surface area contributed by atoms with Gasteiger partial charge in [-0.2, -0.15) is 0 Å². The zero-order chi connectivity index (χ0) is 13.8. The first-order valence-electron chi connectivity index (χ1n) is 6.50. The van der Waals surface area contributed by atoms with E-state index in [-0.39, 0.29) is 11.9 Å². The van der Waals surface area contributed by atoms with Gasteiger partial charge in [-0.1, -0.05) is 6.92 Å². The zero-order valence-corrected chi connectivity index (χ0v) is 11.8. The first-order valence-corrected chi connectivity index (χ1v) is 6.50. The van der Waals surface area contributed by atoms with Crippen LogP contribution in [0.15, 0.2) is 0 Å².